The summed E-state index contributed by atoms with van der Waals surface area (Å²) < 4.78 is 44.2. The van der Waals surface area contributed by atoms with Crippen LogP contribution in [0.15, 0.2) is 35.1 Å². The zero-order chi connectivity index (χ0) is 24.9. The summed E-state index contributed by atoms with van der Waals surface area (Å²) in [5.74, 6) is -1.22. The lowest BCUT2D eigenvalue weighted by atomic mass is 10.1. The number of aryl methyl sites for hydroxylation is 2. The van der Waals surface area contributed by atoms with E-state index in [-0.39, 0.29) is 65.2 Å². The van der Waals surface area contributed by atoms with Gasteiger partial charge in [0.05, 0.1) is 17.9 Å². The number of amides is 1. The van der Waals surface area contributed by atoms with Crippen LogP contribution >= 0.6 is 11.6 Å². The number of anilines is 2. The van der Waals surface area contributed by atoms with Gasteiger partial charge < -0.3 is 20.3 Å². The van der Waals surface area contributed by atoms with Crippen molar-refractivity contribution < 1.29 is 32.4 Å². The van der Waals surface area contributed by atoms with Crippen LogP contribution in [0, 0.1) is 6.92 Å². The molecule has 0 spiro atoms. The average Bonchev–Trinajstić information content (AvgIpc) is 3.26. The van der Waals surface area contributed by atoms with E-state index < -0.39 is 23.4 Å². The van der Waals surface area contributed by atoms with Gasteiger partial charge in [-0.25, -0.2) is 9.97 Å². The lowest BCUT2D eigenvalue weighted by Crippen LogP contribution is -2.13. The van der Waals surface area contributed by atoms with E-state index in [0.29, 0.717) is 0 Å². The first kappa shape index (κ1) is 25.1. The SMILES string of the molecule is Cc1ccc(NC(=O)c2cc(CCC(=O)c3ncnc(NCCO)c3Cl)no2)cc1C(F)(F)F. The lowest BCUT2D eigenvalue weighted by molar-refractivity contribution is -0.138. The van der Waals surface area contributed by atoms with Crippen LogP contribution in [0.2, 0.25) is 5.02 Å². The van der Waals surface area contributed by atoms with Crippen LogP contribution < -0.4 is 10.6 Å². The molecule has 1 aromatic carbocycles. The first-order chi connectivity index (χ1) is 16.1. The number of nitrogens with one attached hydrogen (secondary N) is 2. The van der Waals surface area contributed by atoms with Gasteiger partial charge in [0.1, 0.15) is 22.9 Å². The second-order valence-corrected chi connectivity index (χ2v) is 7.50. The third-order valence-corrected chi connectivity index (χ3v) is 5.01. The average molecular weight is 498 g/mol. The Kier molecular flexibility index (Phi) is 7.84. The quantitative estimate of drug-likeness (QED) is 0.379. The standard InChI is InChI=1S/C21H19ClF3N5O4/c1-11-2-3-12(8-14(11)21(23,24)25)29-20(33)16-9-13(30-34-16)4-5-15(32)18-17(22)19(26-6-7-31)28-10-27-18/h2-3,8-10,31H,4-7H2,1H3,(H,29,33)(H,26,27,28). The van der Waals surface area contributed by atoms with E-state index in [1.54, 1.807) is 0 Å². The van der Waals surface area contributed by atoms with Gasteiger partial charge >= 0.3 is 6.18 Å². The lowest BCUT2D eigenvalue weighted by Gasteiger charge is -2.12. The van der Waals surface area contributed by atoms with Gasteiger partial charge in [0, 0.05) is 31.1 Å². The third-order valence-electron chi connectivity index (χ3n) is 4.65. The number of aliphatic hydroxyl groups is 1. The fourth-order valence-electron chi connectivity index (χ4n) is 2.96. The number of hydrogen-bond acceptors (Lipinski definition) is 8. The van der Waals surface area contributed by atoms with Crippen LogP contribution in [0.25, 0.3) is 0 Å². The van der Waals surface area contributed by atoms with Gasteiger partial charge in [0.15, 0.2) is 5.78 Å². The highest BCUT2D eigenvalue weighted by atomic mass is 35.5. The van der Waals surface area contributed by atoms with Crippen molar-refractivity contribution >= 4 is 34.8 Å². The first-order valence-electron chi connectivity index (χ1n) is 9.93. The minimum absolute atomic E-state index is 0.0116. The number of halogens is 4. The van der Waals surface area contributed by atoms with Gasteiger partial charge in [-0.15, -0.1) is 0 Å². The van der Waals surface area contributed by atoms with E-state index in [4.69, 9.17) is 21.2 Å². The third kappa shape index (κ3) is 6.08. The number of nitrogens with zero attached hydrogens (tertiary/aromatic N) is 3. The predicted octanol–water partition coefficient (Wildman–Crippen LogP) is 3.92. The highest BCUT2D eigenvalue weighted by Crippen LogP contribution is 2.33. The Hall–Kier alpha value is -3.51. The maximum Gasteiger partial charge on any atom is 0.416 e. The second kappa shape index (κ2) is 10.6. The van der Waals surface area contributed by atoms with Crippen LogP contribution in [0.5, 0.6) is 0 Å². The Morgan fingerprint density at radius 2 is 1.97 bits per heavy atom. The van der Waals surface area contributed by atoms with Gasteiger partial charge in [-0.3, -0.25) is 9.59 Å². The van der Waals surface area contributed by atoms with Crippen molar-refractivity contribution in [3.8, 4) is 0 Å². The Balaban J connectivity index is 1.63. The van der Waals surface area contributed by atoms with E-state index in [2.05, 4.69) is 25.8 Å². The number of Topliss-reactive ketones (excluding diaryl/α,β-unsaturated/α-hetero) is 1. The van der Waals surface area contributed by atoms with Gasteiger partial charge in [-0.1, -0.05) is 22.8 Å². The van der Waals surface area contributed by atoms with Crippen LogP contribution in [0.4, 0.5) is 24.7 Å². The summed E-state index contributed by atoms with van der Waals surface area (Å²) in [6.45, 7) is 1.35. The molecule has 0 aliphatic carbocycles. The van der Waals surface area contributed by atoms with Crippen molar-refractivity contribution in [2.24, 2.45) is 0 Å². The molecule has 9 nitrogen and oxygen atoms in total. The van der Waals surface area contributed by atoms with Crippen molar-refractivity contribution in [1.29, 1.82) is 0 Å². The Bertz CT molecular complexity index is 1200. The zero-order valence-electron chi connectivity index (χ0n) is 17.7. The molecule has 0 fully saturated rings. The van der Waals surface area contributed by atoms with Crippen molar-refractivity contribution in [2.45, 2.75) is 25.9 Å². The molecule has 3 aromatic rings. The molecule has 0 radical (unpaired) electrons. The number of rotatable bonds is 9. The number of carbonyl (C=O) groups is 2. The summed E-state index contributed by atoms with van der Waals surface area (Å²) in [5.41, 5.74) is -0.627. The Labute approximate surface area is 196 Å². The zero-order valence-corrected chi connectivity index (χ0v) is 18.5. The summed E-state index contributed by atoms with van der Waals surface area (Å²) in [7, 11) is 0. The Morgan fingerprint density at radius 1 is 1.21 bits per heavy atom. The molecule has 0 aliphatic rings. The molecule has 1 amide bonds. The predicted molar refractivity (Wildman–Crippen MR) is 116 cm³/mol. The van der Waals surface area contributed by atoms with E-state index >= 15 is 0 Å². The maximum atomic E-state index is 13.1. The minimum Gasteiger partial charge on any atom is -0.395 e. The van der Waals surface area contributed by atoms with Crippen LogP contribution in [-0.2, 0) is 12.6 Å². The highest BCUT2D eigenvalue weighted by molar-refractivity contribution is 6.35. The molecule has 2 aromatic heterocycles. The molecule has 34 heavy (non-hydrogen) atoms. The minimum atomic E-state index is -4.56. The summed E-state index contributed by atoms with van der Waals surface area (Å²) in [4.78, 5) is 32.6. The van der Waals surface area contributed by atoms with E-state index in [0.717, 1.165) is 12.4 Å². The molecule has 0 atom stereocenters. The number of benzene rings is 1. The van der Waals surface area contributed by atoms with Gasteiger partial charge in [-0.05, 0) is 24.6 Å². The molecule has 3 rings (SSSR count). The van der Waals surface area contributed by atoms with E-state index in [1.165, 1.54) is 25.1 Å². The number of alkyl halides is 3. The van der Waals surface area contributed by atoms with Crippen LogP contribution in [-0.4, -0.2) is 45.1 Å². The fourth-order valence-corrected chi connectivity index (χ4v) is 3.23. The second-order valence-electron chi connectivity index (χ2n) is 7.12. The topological polar surface area (TPSA) is 130 Å². The monoisotopic (exact) mass is 497 g/mol. The number of hydrogen-bond donors (Lipinski definition) is 3. The molecular weight excluding hydrogens is 479 g/mol. The number of ketones is 1. The van der Waals surface area contributed by atoms with Gasteiger partial charge in [-0.2, -0.15) is 13.2 Å². The van der Waals surface area contributed by atoms with Crippen molar-refractivity contribution in [1.82, 2.24) is 15.1 Å². The molecule has 13 heteroatoms. The maximum absolute atomic E-state index is 13.1. The number of aliphatic hydroxyl groups excluding tert-OH is 1. The summed E-state index contributed by atoms with van der Waals surface area (Å²) in [5, 5.41) is 17.7. The first-order valence-corrected chi connectivity index (χ1v) is 10.3. The van der Waals surface area contributed by atoms with E-state index in [1.807, 2.05) is 0 Å². The molecule has 0 unspecified atom stereocenters. The molecule has 0 bridgehead atoms. The van der Waals surface area contributed by atoms with Crippen molar-refractivity contribution in [3.05, 3.63) is 63.9 Å². The van der Waals surface area contributed by atoms with Crippen LogP contribution in [0.3, 0.4) is 0 Å². The molecular formula is C21H19ClF3N5O4. The number of aromatic nitrogens is 3. The summed E-state index contributed by atoms with van der Waals surface area (Å²) >= 11 is 6.15. The molecule has 0 aliphatic heterocycles. The summed E-state index contributed by atoms with van der Waals surface area (Å²) in [6, 6.07) is 4.71. The smallest absolute Gasteiger partial charge is 0.395 e. The van der Waals surface area contributed by atoms with Gasteiger partial charge in [0.2, 0.25) is 5.76 Å². The van der Waals surface area contributed by atoms with Crippen molar-refractivity contribution in [2.75, 3.05) is 23.8 Å². The normalized spacial score (nSPS) is 11.4. The molecule has 0 saturated heterocycles. The summed E-state index contributed by atoms with van der Waals surface area (Å²) in [6.07, 6.45) is -3.36. The molecule has 3 N–H and O–H groups in total. The van der Waals surface area contributed by atoms with E-state index in [9.17, 15) is 22.8 Å². The molecule has 180 valence electrons. The fraction of sp³-hybridized carbons (Fsp3) is 0.286. The highest BCUT2D eigenvalue weighted by Gasteiger charge is 2.32. The number of carbonyl (C=O) groups excluding carboxylic acids is 2. The largest absolute Gasteiger partial charge is 0.416 e. The van der Waals surface area contributed by atoms with Crippen molar-refractivity contribution in [3.63, 3.8) is 0 Å². The van der Waals surface area contributed by atoms with Gasteiger partial charge in [0.25, 0.3) is 5.91 Å². The molecule has 2 heterocycles. The van der Waals surface area contributed by atoms with Crippen LogP contribution in [0.1, 0.15) is 44.3 Å². The molecule has 0 saturated carbocycles. The Morgan fingerprint density at radius 3 is 2.68 bits per heavy atom.